The van der Waals surface area contributed by atoms with Crippen molar-refractivity contribution in [3.63, 3.8) is 0 Å². The number of carboxylic acids is 1. The zero-order valence-corrected chi connectivity index (χ0v) is 21.9. The largest absolute Gasteiger partial charge is 0.497 e. The fourth-order valence-corrected chi connectivity index (χ4v) is 5.42. The molecule has 0 saturated carbocycles. The highest BCUT2D eigenvalue weighted by Gasteiger charge is 2.17. The van der Waals surface area contributed by atoms with E-state index < -0.39 is 16.0 Å². The maximum absolute atomic E-state index is 12.4. The van der Waals surface area contributed by atoms with Gasteiger partial charge in [-0.3, -0.25) is 14.5 Å². The van der Waals surface area contributed by atoms with Crippen molar-refractivity contribution in [1.82, 2.24) is 15.2 Å². The van der Waals surface area contributed by atoms with Crippen LogP contribution in [-0.2, 0) is 21.2 Å². The quantitative estimate of drug-likeness (QED) is 0.270. The van der Waals surface area contributed by atoms with Gasteiger partial charge in [0.25, 0.3) is 0 Å². The smallest absolute Gasteiger partial charge is 0.303 e. The van der Waals surface area contributed by atoms with Gasteiger partial charge in [0.05, 0.1) is 28.6 Å². The lowest BCUT2D eigenvalue weighted by Crippen LogP contribution is -2.17. The van der Waals surface area contributed by atoms with Crippen molar-refractivity contribution in [1.29, 1.82) is 0 Å². The molecule has 0 unspecified atom stereocenters. The Kier molecular flexibility index (Phi) is 8.11. The monoisotopic (exact) mass is 560 g/mol. The molecule has 2 N–H and O–H groups in total. The van der Waals surface area contributed by atoms with Gasteiger partial charge in [-0.05, 0) is 42.3 Å². The zero-order valence-electron chi connectivity index (χ0n) is 19.6. The Balaban J connectivity index is 1.72. The van der Waals surface area contributed by atoms with Crippen molar-refractivity contribution in [2.24, 2.45) is 0 Å². The Hall–Kier alpha value is -3.47. The minimum Gasteiger partial charge on any atom is -0.497 e. The molecule has 0 saturated heterocycles. The summed E-state index contributed by atoms with van der Waals surface area (Å²) >= 11 is 12.6. The van der Waals surface area contributed by atoms with Crippen LogP contribution in [0.25, 0.3) is 22.0 Å². The number of benzene rings is 2. The number of hydrogen-bond acceptors (Lipinski definition) is 7. The maximum Gasteiger partial charge on any atom is 0.303 e. The fraction of sp³-hybridized carbons (Fsp3) is 0.200. The summed E-state index contributed by atoms with van der Waals surface area (Å²) in [5, 5.41) is 20.1. The second-order valence-electron chi connectivity index (χ2n) is 8.16. The summed E-state index contributed by atoms with van der Waals surface area (Å²) in [6.45, 7) is 0. The molecule has 37 heavy (non-hydrogen) atoms. The van der Waals surface area contributed by atoms with Crippen molar-refractivity contribution in [3.05, 3.63) is 76.2 Å². The molecule has 0 radical (unpaired) electrons. The van der Waals surface area contributed by atoms with E-state index in [2.05, 4.69) is 19.9 Å². The van der Waals surface area contributed by atoms with Crippen molar-refractivity contribution in [3.8, 4) is 17.0 Å². The number of nitrogens with zero attached hydrogens (tertiary/aromatic N) is 3. The Morgan fingerprint density at radius 3 is 2.51 bits per heavy atom. The third kappa shape index (κ3) is 6.46. The van der Waals surface area contributed by atoms with Crippen LogP contribution in [0.3, 0.4) is 0 Å². The van der Waals surface area contributed by atoms with Crippen LogP contribution in [0.5, 0.6) is 5.75 Å². The molecule has 2 heterocycles. The number of aromatic nitrogens is 3. The van der Waals surface area contributed by atoms with E-state index in [9.17, 15) is 13.2 Å². The zero-order chi connectivity index (χ0) is 26.6. The van der Waals surface area contributed by atoms with Gasteiger partial charge in [-0.15, -0.1) is 5.10 Å². The number of carbonyl (C=O) groups is 1. The standard InChI is InChI=1S/C25H22Cl2N4O5S/c1-36-17-7-8-18-19(11-17)25(30-29-23(18)12-20-21(26)13-28-14-22(20)27)15-4-2-5-16(10-15)31-37(34,35)9-3-6-24(32)33/h2,4-5,7-8,10-11,13-14,31H,3,6,9,12H2,1H3,(H,32,33). The first-order chi connectivity index (χ1) is 17.7. The van der Waals surface area contributed by atoms with Gasteiger partial charge < -0.3 is 9.84 Å². The first-order valence-electron chi connectivity index (χ1n) is 11.1. The summed E-state index contributed by atoms with van der Waals surface area (Å²) in [5.74, 6) is -0.740. The number of sulfonamides is 1. The highest BCUT2D eigenvalue weighted by Crippen LogP contribution is 2.34. The average molecular weight is 561 g/mol. The van der Waals surface area contributed by atoms with Crippen LogP contribution in [0.1, 0.15) is 24.1 Å². The van der Waals surface area contributed by atoms with E-state index in [0.717, 1.165) is 10.8 Å². The van der Waals surface area contributed by atoms with Crippen molar-refractivity contribution in [2.75, 3.05) is 17.6 Å². The van der Waals surface area contributed by atoms with E-state index in [-0.39, 0.29) is 18.6 Å². The molecule has 192 valence electrons. The van der Waals surface area contributed by atoms with E-state index in [1.165, 1.54) is 12.4 Å². The highest BCUT2D eigenvalue weighted by molar-refractivity contribution is 7.92. The number of pyridine rings is 1. The van der Waals surface area contributed by atoms with Gasteiger partial charge in [0.15, 0.2) is 0 Å². The van der Waals surface area contributed by atoms with Gasteiger partial charge in [-0.2, -0.15) is 5.10 Å². The number of carboxylic acid groups (broad SMARTS) is 1. The lowest BCUT2D eigenvalue weighted by atomic mass is 10.00. The van der Waals surface area contributed by atoms with E-state index in [1.54, 1.807) is 31.4 Å². The molecular weight excluding hydrogens is 539 g/mol. The molecule has 2 aromatic heterocycles. The first-order valence-corrected chi connectivity index (χ1v) is 13.5. The van der Waals surface area contributed by atoms with E-state index in [1.807, 2.05) is 18.2 Å². The number of aliphatic carboxylic acids is 1. The van der Waals surface area contributed by atoms with Crippen LogP contribution < -0.4 is 9.46 Å². The van der Waals surface area contributed by atoms with Crippen molar-refractivity contribution in [2.45, 2.75) is 19.3 Å². The molecule has 4 aromatic rings. The Labute approximate surface area is 223 Å². The topological polar surface area (TPSA) is 131 Å². The van der Waals surface area contributed by atoms with Crippen LogP contribution in [0.15, 0.2) is 54.9 Å². The number of rotatable bonds is 10. The molecular formula is C25H22Cl2N4O5S. The van der Waals surface area contributed by atoms with E-state index in [0.29, 0.717) is 50.4 Å². The molecule has 0 atom stereocenters. The lowest BCUT2D eigenvalue weighted by molar-refractivity contribution is -0.137. The van der Waals surface area contributed by atoms with Crippen molar-refractivity contribution >= 4 is 55.7 Å². The molecule has 0 fully saturated rings. The Morgan fingerprint density at radius 2 is 1.81 bits per heavy atom. The van der Waals surface area contributed by atoms with Crippen molar-refractivity contribution < 1.29 is 23.1 Å². The molecule has 0 aliphatic rings. The third-order valence-corrected chi connectivity index (χ3v) is 7.60. The predicted molar refractivity (Wildman–Crippen MR) is 143 cm³/mol. The second kappa shape index (κ2) is 11.3. The number of halogens is 2. The van der Waals surface area contributed by atoms with E-state index in [4.69, 9.17) is 33.0 Å². The first kappa shape index (κ1) is 26.6. The summed E-state index contributed by atoms with van der Waals surface area (Å²) in [6, 6.07) is 12.3. The summed E-state index contributed by atoms with van der Waals surface area (Å²) in [5.41, 5.74) is 2.80. The van der Waals surface area contributed by atoms with Crippen LogP contribution in [-0.4, -0.2) is 47.5 Å². The lowest BCUT2D eigenvalue weighted by Gasteiger charge is -2.13. The maximum atomic E-state index is 12.4. The SMILES string of the molecule is COc1ccc2c(Cc3c(Cl)cncc3Cl)nnc(-c3cccc(NS(=O)(=O)CCCC(=O)O)c3)c2c1. The fourth-order valence-electron chi connectivity index (χ4n) is 3.81. The molecule has 4 rings (SSSR count). The van der Waals surface area contributed by atoms with Gasteiger partial charge in [0, 0.05) is 47.3 Å². The van der Waals surface area contributed by atoms with Crippen LogP contribution in [0.4, 0.5) is 5.69 Å². The molecule has 0 bridgehead atoms. The molecule has 0 spiro atoms. The molecule has 0 amide bonds. The van der Waals surface area contributed by atoms with Gasteiger partial charge in [0.1, 0.15) is 11.4 Å². The number of anilines is 1. The number of nitrogens with one attached hydrogen (secondary N) is 1. The minimum absolute atomic E-state index is 0.00718. The molecule has 0 aliphatic heterocycles. The van der Waals surface area contributed by atoms with E-state index >= 15 is 0 Å². The third-order valence-electron chi connectivity index (χ3n) is 5.57. The number of methoxy groups -OCH3 is 1. The second-order valence-corrected chi connectivity index (χ2v) is 10.8. The van der Waals surface area contributed by atoms with Crippen LogP contribution in [0.2, 0.25) is 10.0 Å². The Morgan fingerprint density at radius 1 is 1.05 bits per heavy atom. The normalized spacial score (nSPS) is 11.4. The number of ether oxygens (including phenoxy) is 1. The average Bonchev–Trinajstić information content (AvgIpc) is 2.85. The summed E-state index contributed by atoms with van der Waals surface area (Å²) in [7, 11) is -2.17. The van der Waals surface area contributed by atoms with Gasteiger partial charge in [0.2, 0.25) is 10.0 Å². The summed E-state index contributed by atoms with van der Waals surface area (Å²) < 4.78 is 32.8. The number of fused-ring (bicyclic) bond motifs is 1. The van der Waals surface area contributed by atoms with Gasteiger partial charge in [-0.1, -0.05) is 35.3 Å². The van der Waals surface area contributed by atoms with Gasteiger partial charge >= 0.3 is 5.97 Å². The highest BCUT2D eigenvalue weighted by atomic mass is 35.5. The summed E-state index contributed by atoms with van der Waals surface area (Å²) in [4.78, 5) is 14.7. The van der Waals surface area contributed by atoms with Gasteiger partial charge in [-0.25, -0.2) is 8.42 Å². The van der Waals surface area contributed by atoms with Crippen LogP contribution >= 0.6 is 23.2 Å². The molecule has 0 aliphatic carbocycles. The minimum atomic E-state index is -3.73. The summed E-state index contributed by atoms with van der Waals surface area (Å²) in [6.07, 6.45) is 3.14. The Bertz CT molecular complexity index is 1560. The molecule has 9 nitrogen and oxygen atoms in total. The number of hydrogen-bond donors (Lipinski definition) is 2. The molecule has 2 aromatic carbocycles. The molecule has 12 heteroatoms. The predicted octanol–water partition coefficient (Wildman–Crippen LogP) is 5.20. The van der Waals surface area contributed by atoms with Crippen LogP contribution in [0, 0.1) is 0 Å².